The second-order valence-electron chi connectivity index (χ2n) is 4.43. The molecule has 0 atom stereocenters. The smallest absolute Gasteiger partial charge is 0.273 e. The van der Waals surface area contributed by atoms with E-state index in [0.29, 0.717) is 5.69 Å². The summed E-state index contributed by atoms with van der Waals surface area (Å²) < 4.78 is 0. The van der Waals surface area contributed by atoms with E-state index in [4.69, 9.17) is 5.73 Å². The molecular weight excluding hydrogens is 274 g/mol. The molecule has 0 aliphatic heterocycles. The van der Waals surface area contributed by atoms with Crippen LogP contribution in [0.1, 0.15) is 5.56 Å². The number of hydrogen-bond donors (Lipinski definition) is 3. The maximum atomic E-state index is 11.9. The van der Waals surface area contributed by atoms with Crippen LogP contribution in [-0.2, 0) is 11.2 Å². The lowest BCUT2D eigenvalue weighted by atomic mass is 10.1. The fourth-order valence-corrected chi connectivity index (χ4v) is 1.82. The van der Waals surface area contributed by atoms with Gasteiger partial charge in [-0.25, -0.2) is 0 Å². The lowest BCUT2D eigenvalue weighted by molar-refractivity contribution is -0.384. The number of carbonyl (C=O) groups is 1. The molecule has 1 amide bonds. The molecule has 0 unspecified atom stereocenters. The monoisotopic (exact) mass is 287 g/mol. The fraction of sp³-hybridized carbons (Fsp3) is 0.0714. The van der Waals surface area contributed by atoms with Crippen molar-refractivity contribution >= 4 is 23.0 Å². The molecule has 21 heavy (non-hydrogen) atoms. The van der Waals surface area contributed by atoms with Crippen molar-refractivity contribution in [2.45, 2.75) is 6.42 Å². The Morgan fingerprint density at radius 2 is 2.05 bits per heavy atom. The molecule has 2 aromatic carbocycles. The molecule has 7 nitrogen and oxygen atoms in total. The average molecular weight is 287 g/mol. The second kappa shape index (κ2) is 5.91. The van der Waals surface area contributed by atoms with Crippen molar-refractivity contribution in [1.29, 1.82) is 0 Å². The Balaban J connectivity index is 2.08. The number of benzene rings is 2. The van der Waals surface area contributed by atoms with Crippen LogP contribution in [-0.4, -0.2) is 15.9 Å². The summed E-state index contributed by atoms with van der Waals surface area (Å²) in [5.74, 6) is -0.713. The van der Waals surface area contributed by atoms with E-state index in [-0.39, 0.29) is 29.5 Å². The zero-order valence-electron chi connectivity index (χ0n) is 10.9. The number of nitrogens with two attached hydrogens (primary N) is 1. The first-order valence-corrected chi connectivity index (χ1v) is 6.07. The largest absolute Gasteiger partial charge is 0.506 e. The van der Waals surface area contributed by atoms with Crippen molar-refractivity contribution in [3.8, 4) is 5.75 Å². The van der Waals surface area contributed by atoms with Crippen LogP contribution < -0.4 is 11.1 Å². The Kier molecular flexibility index (Phi) is 4.03. The number of non-ortho nitro benzene ring substituents is 1. The number of phenolic OH excluding ortho intramolecular Hbond substituents is 1. The second-order valence-corrected chi connectivity index (χ2v) is 4.43. The third kappa shape index (κ3) is 3.69. The van der Waals surface area contributed by atoms with Crippen LogP contribution in [0.3, 0.4) is 0 Å². The number of carbonyl (C=O) groups excluding carboxylic acids is 1. The highest BCUT2D eigenvalue weighted by Crippen LogP contribution is 2.27. The number of nitrogen functional groups attached to an aromatic ring is 1. The van der Waals surface area contributed by atoms with Crippen molar-refractivity contribution in [2.75, 3.05) is 11.1 Å². The molecule has 2 rings (SSSR count). The Labute approximate surface area is 120 Å². The van der Waals surface area contributed by atoms with Crippen molar-refractivity contribution < 1.29 is 14.8 Å². The number of rotatable bonds is 4. The van der Waals surface area contributed by atoms with Crippen LogP contribution in [0.25, 0.3) is 0 Å². The van der Waals surface area contributed by atoms with Crippen molar-refractivity contribution in [2.24, 2.45) is 0 Å². The van der Waals surface area contributed by atoms with Crippen LogP contribution in [0, 0.1) is 10.1 Å². The van der Waals surface area contributed by atoms with E-state index < -0.39 is 4.92 Å². The van der Waals surface area contributed by atoms with Gasteiger partial charge in [-0.2, -0.15) is 0 Å². The summed E-state index contributed by atoms with van der Waals surface area (Å²) in [5, 5.41) is 22.7. The number of nitrogens with zero attached hydrogens (tertiary/aromatic N) is 1. The van der Waals surface area contributed by atoms with Crippen LogP contribution in [0.2, 0.25) is 0 Å². The SMILES string of the molecule is Nc1cccc(CC(=O)Nc2ccc([N+](=O)[O-])cc2O)c1. The summed E-state index contributed by atoms with van der Waals surface area (Å²) >= 11 is 0. The normalized spacial score (nSPS) is 10.1. The third-order valence-electron chi connectivity index (χ3n) is 2.78. The van der Waals surface area contributed by atoms with Crippen molar-refractivity contribution in [1.82, 2.24) is 0 Å². The summed E-state index contributed by atoms with van der Waals surface area (Å²) in [6, 6.07) is 10.3. The maximum absolute atomic E-state index is 11.9. The zero-order valence-corrected chi connectivity index (χ0v) is 10.9. The van der Waals surface area contributed by atoms with Gasteiger partial charge in [0.1, 0.15) is 5.75 Å². The van der Waals surface area contributed by atoms with E-state index >= 15 is 0 Å². The molecule has 0 saturated carbocycles. The predicted molar refractivity (Wildman–Crippen MR) is 77.9 cm³/mol. The van der Waals surface area contributed by atoms with Gasteiger partial charge >= 0.3 is 0 Å². The molecule has 0 radical (unpaired) electrons. The fourth-order valence-electron chi connectivity index (χ4n) is 1.82. The van der Waals surface area contributed by atoms with Gasteiger partial charge in [0.25, 0.3) is 5.69 Å². The van der Waals surface area contributed by atoms with Gasteiger partial charge in [0.2, 0.25) is 5.91 Å². The van der Waals surface area contributed by atoms with Crippen LogP contribution in [0.15, 0.2) is 42.5 Å². The Morgan fingerprint density at radius 1 is 1.29 bits per heavy atom. The minimum absolute atomic E-state index is 0.0848. The molecule has 0 heterocycles. The summed E-state index contributed by atoms with van der Waals surface area (Å²) in [7, 11) is 0. The molecule has 0 spiro atoms. The van der Waals surface area contributed by atoms with Gasteiger partial charge in [0.05, 0.1) is 23.1 Å². The van der Waals surface area contributed by atoms with E-state index in [0.717, 1.165) is 11.6 Å². The van der Waals surface area contributed by atoms with Crippen molar-refractivity contribution in [3.63, 3.8) is 0 Å². The minimum atomic E-state index is -0.627. The molecule has 7 heteroatoms. The predicted octanol–water partition coefficient (Wildman–Crippen LogP) is 2.06. The Bertz CT molecular complexity index is 700. The molecule has 108 valence electrons. The Hall–Kier alpha value is -3.09. The lowest BCUT2D eigenvalue weighted by Gasteiger charge is -2.07. The first-order valence-electron chi connectivity index (χ1n) is 6.07. The van der Waals surface area contributed by atoms with E-state index in [9.17, 15) is 20.0 Å². The van der Waals surface area contributed by atoms with Gasteiger partial charge in [0, 0.05) is 11.8 Å². The van der Waals surface area contributed by atoms with E-state index in [1.54, 1.807) is 24.3 Å². The number of aromatic hydroxyl groups is 1. The zero-order chi connectivity index (χ0) is 15.4. The van der Waals surface area contributed by atoms with Gasteiger partial charge < -0.3 is 16.2 Å². The first kappa shape index (κ1) is 14.3. The number of nitro benzene ring substituents is 1. The molecular formula is C14H13N3O4. The average Bonchev–Trinajstić information content (AvgIpc) is 2.40. The molecule has 0 saturated heterocycles. The van der Waals surface area contributed by atoms with Crippen LogP contribution in [0.4, 0.5) is 17.1 Å². The third-order valence-corrected chi connectivity index (χ3v) is 2.78. The van der Waals surface area contributed by atoms with Gasteiger partial charge in [-0.1, -0.05) is 12.1 Å². The summed E-state index contributed by atoms with van der Waals surface area (Å²) in [5.41, 5.74) is 6.78. The molecule has 0 bridgehead atoms. The quantitative estimate of drug-likeness (QED) is 0.344. The number of phenols is 1. The van der Waals surface area contributed by atoms with Crippen LogP contribution >= 0.6 is 0 Å². The van der Waals surface area contributed by atoms with Gasteiger partial charge in [0.15, 0.2) is 0 Å². The number of anilines is 2. The van der Waals surface area contributed by atoms with E-state index in [2.05, 4.69) is 5.32 Å². The summed E-state index contributed by atoms with van der Waals surface area (Å²) in [4.78, 5) is 21.8. The lowest BCUT2D eigenvalue weighted by Crippen LogP contribution is -2.14. The first-order chi connectivity index (χ1) is 9.95. The molecule has 0 aliphatic carbocycles. The number of nitrogens with one attached hydrogen (secondary N) is 1. The maximum Gasteiger partial charge on any atom is 0.273 e. The molecule has 0 aromatic heterocycles. The highest BCUT2D eigenvalue weighted by molar-refractivity contribution is 5.93. The highest BCUT2D eigenvalue weighted by atomic mass is 16.6. The van der Waals surface area contributed by atoms with Gasteiger partial charge in [-0.3, -0.25) is 14.9 Å². The molecule has 2 aromatic rings. The van der Waals surface area contributed by atoms with Gasteiger partial charge in [-0.15, -0.1) is 0 Å². The Morgan fingerprint density at radius 3 is 2.67 bits per heavy atom. The minimum Gasteiger partial charge on any atom is -0.506 e. The van der Waals surface area contributed by atoms with Crippen LogP contribution in [0.5, 0.6) is 5.75 Å². The summed E-state index contributed by atoms with van der Waals surface area (Å²) in [6.45, 7) is 0. The highest BCUT2D eigenvalue weighted by Gasteiger charge is 2.12. The number of nitro groups is 1. The van der Waals surface area contributed by atoms with Crippen molar-refractivity contribution in [3.05, 3.63) is 58.1 Å². The summed E-state index contributed by atoms with van der Waals surface area (Å²) in [6.07, 6.45) is 0.0848. The number of amides is 1. The molecule has 4 N–H and O–H groups in total. The van der Waals surface area contributed by atoms with E-state index in [1.807, 2.05) is 0 Å². The van der Waals surface area contributed by atoms with Gasteiger partial charge in [-0.05, 0) is 23.8 Å². The molecule has 0 aliphatic rings. The molecule has 0 fully saturated rings. The topological polar surface area (TPSA) is 118 Å². The number of hydrogen-bond acceptors (Lipinski definition) is 5. The standard InChI is InChI=1S/C14H13N3O4/c15-10-3-1-2-9(6-10)7-14(19)16-12-5-4-11(17(20)21)8-13(12)18/h1-6,8,18H,7,15H2,(H,16,19). The van der Waals surface area contributed by atoms with E-state index in [1.165, 1.54) is 12.1 Å².